The van der Waals surface area contributed by atoms with E-state index in [1.165, 1.54) is 0 Å². The van der Waals surface area contributed by atoms with Gasteiger partial charge in [-0.3, -0.25) is 4.79 Å². The Morgan fingerprint density at radius 3 is 2.81 bits per heavy atom. The first-order valence-corrected chi connectivity index (χ1v) is 9.12. The lowest BCUT2D eigenvalue weighted by atomic mass is 9.97. The fraction of sp³-hybridized carbons (Fsp3) is 0.333. The largest absolute Gasteiger partial charge is 0.493 e. The minimum absolute atomic E-state index is 0.0958. The normalized spacial score (nSPS) is 16.7. The molecule has 0 bridgehead atoms. The second kappa shape index (κ2) is 7.31. The smallest absolute Gasteiger partial charge is 0.230 e. The Labute approximate surface area is 158 Å². The first-order chi connectivity index (χ1) is 13.2. The molecule has 0 radical (unpaired) electrons. The summed E-state index contributed by atoms with van der Waals surface area (Å²) in [5.41, 5.74) is 2.94. The molecule has 1 amide bonds. The molecule has 6 nitrogen and oxygen atoms in total. The number of nitrogens with zero attached hydrogens (tertiary/aromatic N) is 2. The van der Waals surface area contributed by atoms with E-state index in [1.807, 2.05) is 41.3 Å². The summed E-state index contributed by atoms with van der Waals surface area (Å²) in [6.07, 6.45) is 1.20. The Morgan fingerprint density at radius 2 is 2.04 bits per heavy atom. The summed E-state index contributed by atoms with van der Waals surface area (Å²) in [4.78, 5) is 22.4. The van der Waals surface area contributed by atoms with Gasteiger partial charge >= 0.3 is 0 Å². The first-order valence-electron chi connectivity index (χ1n) is 9.12. The monoisotopic (exact) mass is 365 g/mol. The highest BCUT2D eigenvalue weighted by Crippen LogP contribution is 2.39. The highest BCUT2D eigenvalue weighted by molar-refractivity contribution is 5.81. The summed E-state index contributed by atoms with van der Waals surface area (Å²) in [5, 5.41) is 0. The molecule has 140 valence electrons. The third-order valence-corrected chi connectivity index (χ3v) is 5.17. The number of para-hydroxylation sites is 3. The number of carbonyl (C=O) groups is 1. The van der Waals surface area contributed by atoms with Gasteiger partial charge in [0.05, 0.1) is 31.7 Å². The number of hydrogen-bond donors (Lipinski definition) is 1. The predicted molar refractivity (Wildman–Crippen MR) is 103 cm³/mol. The lowest BCUT2D eigenvalue weighted by molar-refractivity contribution is -0.129. The third-order valence-electron chi connectivity index (χ3n) is 5.17. The molecule has 0 aliphatic carbocycles. The maximum atomic E-state index is 12.8. The number of aromatic nitrogens is 2. The number of hydrogen-bond acceptors (Lipinski definition) is 4. The minimum atomic E-state index is 0.0958. The summed E-state index contributed by atoms with van der Waals surface area (Å²) in [7, 11) is 3.29. The summed E-state index contributed by atoms with van der Waals surface area (Å²) in [5.74, 6) is 2.54. The standard InChI is InChI=1S/C21H23N3O3/c1-26-18-9-5-6-15(21(18)27-2)14-10-11-24(13-14)20(25)12-19-22-16-7-3-4-8-17(16)23-19/h3-9,14H,10-13H2,1-2H3,(H,22,23). The summed E-state index contributed by atoms with van der Waals surface area (Å²) in [6.45, 7) is 1.42. The van der Waals surface area contributed by atoms with Crippen LogP contribution in [0.5, 0.6) is 11.5 Å². The van der Waals surface area contributed by atoms with Crippen LogP contribution < -0.4 is 9.47 Å². The Kier molecular flexibility index (Phi) is 4.71. The number of benzene rings is 2. The van der Waals surface area contributed by atoms with Crippen molar-refractivity contribution in [1.82, 2.24) is 14.9 Å². The quantitative estimate of drug-likeness (QED) is 0.754. The molecule has 1 atom stereocenters. The van der Waals surface area contributed by atoms with E-state index in [9.17, 15) is 4.79 Å². The summed E-state index contributed by atoms with van der Waals surface area (Å²) < 4.78 is 11.0. The number of nitrogens with one attached hydrogen (secondary N) is 1. The molecule has 27 heavy (non-hydrogen) atoms. The second-order valence-electron chi connectivity index (χ2n) is 6.79. The highest BCUT2D eigenvalue weighted by atomic mass is 16.5. The van der Waals surface area contributed by atoms with Crippen molar-refractivity contribution in [2.75, 3.05) is 27.3 Å². The number of fused-ring (bicyclic) bond motifs is 1. The SMILES string of the molecule is COc1cccc(C2CCN(C(=O)Cc3nc4ccccc4[nH]3)C2)c1OC. The Bertz CT molecular complexity index is 933. The second-order valence-corrected chi connectivity index (χ2v) is 6.79. The number of imidazole rings is 1. The van der Waals surface area contributed by atoms with Crippen molar-refractivity contribution < 1.29 is 14.3 Å². The maximum Gasteiger partial charge on any atom is 0.230 e. The average molecular weight is 365 g/mol. The van der Waals surface area contributed by atoms with Gasteiger partial charge in [0.15, 0.2) is 11.5 Å². The molecule has 1 N–H and O–H groups in total. The number of H-pyrrole nitrogens is 1. The van der Waals surface area contributed by atoms with Gasteiger partial charge in [-0.15, -0.1) is 0 Å². The van der Waals surface area contributed by atoms with E-state index in [2.05, 4.69) is 16.0 Å². The zero-order chi connectivity index (χ0) is 18.8. The highest BCUT2D eigenvalue weighted by Gasteiger charge is 2.30. The molecule has 1 unspecified atom stereocenters. The molecule has 1 fully saturated rings. The Hall–Kier alpha value is -3.02. The van der Waals surface area contributed by atoms with Crippen LogP contribution in [0.25, 0.3) is 11.0 Å². The summed E-state index contributed by atoms with van der Waals surface area (Å²) >= 11 is 0. The molecule has 0 spiro atoms. The van der Waals surface area contributed by atoms with Crippen molar-refractivity contribution in [2.45, 2.75) is 18.8 Å². The van der Waals surface area contributed by atoms with Crippen molar-refractivity contribution in [2.24, 2.45) is 0 Å². The van der Waals surface area contributed by atoms with Gasteiger partial charge in [-0.1, -0.05) is 24.3 Å². The minimum Gasteiger partial charge on any atom is -0.493 e. The number of ether oxygens (including phenoxy) is 2. The van der Waals surface area contributed by atoms with Crippen molar-refractivity contribution in [3.8, 4) is 11.5 Å². The average Bonchev–Trinajstić information content (AvgIpc) is 3.33. The van der Waals surface area contributed by atoms with Crippen LogP contribution >= 0.6 is 0 Å². The van der Waals surface area contributed by atoms with Gasteiger partial charge in [0, 0.05) is 24.6 Å². The van der Waals surface area contributed by atoms with Crippen LogP contribution in [0.4, 0.5) is 0 Å². The van der Waals surface area contributed by atoms with Gasteiger partial charge < -0.3 is 19.4 Å². The van der Waals surface area contributed by atoms with E-state index in [1.54, 1.807) is 14.2 Å². The molecule has 2 heterocycles. The zero-order valence-electron chi connectivity index (χ0n) is 15.6. The Morgan fingerprint density at radius 1 is 1.19 bits per heavy atom. The fourth-order valence-corrected chi connectivity index (χ4v) is 3.82. The van der Waals surface area contributed by atoms with E-state index in [0.717, 1.165) is 41.1 Å². The van der Waals surface area contributed by atoms with E-state index in [4.69, 9.17) is 9.47 Å². The first kappa shape index (κ1) is 17.4. The predicted octanol–water partition coefficient (Wildman–Crippen LogP) is 3.14. The fourth-order valence-electron chi connectivity index (χ4n) is 3.82. The lowest BCUT2D eigenvalue weighted by Gasteiger charge is -2.18. The Balaban J connectivity index is 1.47. The van der Waals surface area contributed by atoms with E-state index in [-0.39, 0.29) is 18.2 Å². The zero-order valence-corrected chi connectivity index (χ0v) is 15.6. The van der Waals surface area contributed by atoms with Gasteiger partial charge in [-0.05, 0) is 24.6 Å². The van der Waals surface area contributed by atoms with Crippen LogP contribution in [0.15, 0.2) is 42.5 Å². The number of aromatic amines is 1. The van der Waals surface area contributed by atoms with Gasteiger partial charge in [0.2, 0.25) is 5.91 Å². The maximum absolute atomic E-state index is 12.8. The van der Waals surface area contributed by atoms with Crippen LogP contribution in [0.2, 0.25) is 0 Å². The van der Waals surface area contributed by atoms with Crippen molar-refractivity contribution in [3.05, 3.63) is 53.9 Å². The molecule has 2 aromatic carbocycles. The topological polar surface area (TPSA) is 67.5 Å². The molecule has 1 saturated heterocycles. The molecule has 4 rings (SSSR count). The summed E-state index contributed by atoms with van der Waals surface area (Å²) in [6, 6.07) is 13.7. The van der Waals surface area contributed by atoms with Crippen molar-refractivity contribution >= 4 is 16.9 Å². The van der Waals surface area contributed by atoms with Crippen molar-refractivity contribution in [1.29, 1.82) is 0 Å². The molecule has 1 aliphatic rings. The van der Waals surface area contributed by atoms with Crippen LogP contribution in [0.3, 0.4) is 0 Å². The third kappa shape index (κ3) is 3.35. The van der Waals surface area contributed by atoms with E-state index < -0.39 is 0 Å². The molecule has 1 aliphatic heterocycles. The van der Waals surface area contributed by atoms with Crippen molar-refractivity contribution in [3.63, 3.8) is 0 Å². The van der Waals surface area contributed by atoms with Gasteiger partial charge in [0.1, 0.15) is 5.82 Å². The molecule has 3 aromatic rings. The number of amides is 1. The molecule has 1 aromatic heterocycles. The van der Waals surface area contributed by atoms with Gasteiger partial charge in [-0.25, -0.2) is 4.98 Å². The van der Waals surface area contributed by atoms with Crippen LogP contribution in [-0.2, 0) is 11.2 Å². The van der Waals surface area contributed by atoms with Gasteiger partial charge in [-0.2, -0.15) is 0 Å². The molecular formula is C21H23N3O3. The molecular weight excluding hydrogens is 342 g/mol. The van der Waals surface area contributed by atoms with E-state index in [0.29, 0.717) is 12.4 Å². The number of methoxy groups -OCH3 is 2. The number of likely N-dealkylation sites (tertiary alicyclic amines) is 1. The van der Waals surface area contributed by atoms with E-state index >= 15 is 0 Å². The van der Waals surface area contributed by atoms with Crippen LogP contribution in [0, 0.1) is 0 Å². The number of carbonyl (C=O) groups excluding carboxylic acids is 1. The number of rotatable bonds is 5. The molecule has 6 heteroatoms. The van der Waals surface area contributed by atoms with Crippen LogP contribution in [0.1, 0.15) is 23.7 Å². The van der Waals surface area contributed by atoms with Gasteiger partial charge in [0.25, 0.3) is 0 Å². The van der Waals surface area contributed by atoms with Crippen LogP contribution in [-0.4, -0.2) is 48.1 Å². The molecule has 0 saturated carbocycles. The lowest BCUT2D eigenvalue weighted by Crippen LogP contribution is -2.30.